The van der Waals surface area contributed by atoms with Crippen LogP contribution in [0.25, 0.3) is 0 Å². The van der Waals surface area contributed by atoms with Gasteiger partial charge in [-0.05, 0) is 24.8 Å². The third-order valence-electron chi connectivity index (χ3n) is 14.1. The number of ether oxygens (including phenoxy) is 7. The Balaban J connectivity index is 1.62. The van der Waals surface area contributed by atoms with Crippen molar-refractivity contribution >= 4 is 29.7 Å². The van der Waals surface area contributed by atoms with Gasteiger partial charge in [0, 0.05) is 60.8 Å². The molecule has 6 aliphatic rings. The maximum absolute atomic E-state index is 14.7. The van der Waals surface area contributed by atoms with Gasteiger partial charge in [-0.25, -0.2) is 0 Å². The molecule has 4 bridgehead atoms. The third kappa shape index (κ3) is 3.87. The second-order valence-corrected chi connectivity index (χ2v) is 17.2. The number of furan rings is 1. The van der Waals surface area contributed by atoms with E-state index in [0.29, 0.717) is 5.56 Å². The summed E-state index contributed by atoms with van der Waals surface area (Å²) >= 11 is 0. The summed E-state index contributed by atoms with van der Waals surface area (Å²) in [5.41, 5.74) is -10.9. The Morgan fingerprint density at radius 3 is 2.27 bits per heavy atom. The Labute approximate surface area is 302 Å². The van der Waals surface area contributed by atoms with Gasteiger partial charge in [0.25, 0.3) is 5.97 Å². The second kappa shape index (κ2) is 10.9. The van der Waals surface area contributed by atoms with E-state index in [-0.39, 0.29) is 19.3 Å². The molecule has 1 N–H and O–H groups in total. The lowest BCUT2D eigenvalue weighted by Crippen LogP contribution is -2.94. The number of hydrogen-bond donors (Lipinski definition) is 1. The Bertz CT molecular complexity index is 1740. The van der Waals surface area contributed by atoms with Gasteiger partial charge in [-0.1, -0.05) is 48.5 Å². The summed E-state index contributed by atoms with van der Waals surface area (Å²) in [7, 11) is 1.28. The maximum Gasteiger partial charge on any atom is 0.317 e. The van der Waals surface area contributed by atoms with Crippen LogP contribution in [0.4, 0.5) is 0 Å². The van der Waals surface area contributed by atoms with Crippen LogP contribution in [0.1, 0.15) is 100 Å². The Morgan fingerprint density at radius 2 is 1.73 bits per heavy atom. The molecule has 6 fully saturated rings. The number of fused-ring (bicyclic) bond motifs is 3. The molecule has 2 spiro atoms. The van der Waals surface area contributed by atoms with Crippen molar-refractivity contribution in [1.29, 1.82) is 0 Å². The quantitative estimate of drug-likeness (QED) is 0.207. The summed E-state index contributed by atoms with van der Waals surface area (Å²) in [6, 6.07) is 1.63. The van der Waals surface area contributed by atoms with E-state index in [1.165, 1.54) is 33.5 Å². The molecule has 286 valence electrons. The summed E-state index contributed by atoms with van der Waals surface area (Å²) in [5.74, 6) is -9.33. The number of methoxy groups -OCH3 is 1. The van der Waals surface area contributed by atoms with Gasteiger partial charge in [0.1, 0.15) is 40.7 Å². The van der Waals surface area contributed by atoms with Crippen molar-refractivity contribution in [3.63, 3.8) is 0 Å². The zero-order valence-electron chi connectivity index (χ0n) is 31.6. The molecule has 7 rings (SSSR count). The molecule has 0 radical (unpaired) electrons. The molecule has 4 heterocycles. The molecule has 3 saturated carbocycles. The molecule has 0 aromatic carbocycles. The standard InChI is InChI=1S/C38H50O14/c1-12-35-33(9)22(15-23(41)45-11)32(8)17-36(33)37(44,29(32)48-20(5)40)30-38(35,52-34(10,50-35)51-36)26(24(28(43)49-30)25(42)18(2)3)31(6,7)27(47-19(4)39)21-13-14-46-16-21/h13-14,16,18,22,24,26-27,29-30,44H,12,15,17H2,1-11H3. The van der Waals surface area contributed by atoms with E-state index in [4.69, 9.17) is 37.6 Å². The van der Waals surface area contributed by atoms with Crippen molar-refractivity contribution in [2.75, 3.05) is 7.11 Å². The first-order valence-corrected chi connectivity index (χ1v) is 18.1. The highest BCUT2D eigenvalue weighted by Crippen LogP contribution is 2.89. The van der Waals surface area contributed by atoms with Gasteiger partial charge in [0.2, 0.25) is 0 Å². The molecule has 13 unspecified atom stereocenters. The highest BCUT2D eigenvalue weighted by molar-refractivity contribution is 6.01. The van der Waals surface area contributed by atoms with Crippen molar-refractivity contribution in [3.05, 3.63) is 24.2 Å². The Kier molecular flexibility index (Phi) is 7.75. The van der Waals surface area contributed by atoms with Crippen molar-refractivity contribution < 1.29 is 66.7 Å². The van der Waals surface area contributed by atoms with E-state index in [1.54, 1.807) is 40.7 Å². The fraction of sp³-hybridized carbons (Fsp3) is 0.763. The van der Waals surface area contributed by atoms with Crippen LogP contribution < -0.4 is 0 Å². The lowest BCUT2D eigenvalue weighted by atomic mass is 9.35. The maximum atomic E-state index is 14.7. The van der Waals surface area contributed by atoms with E-state index in [0.717, 1.165) is 0 Å². The summed E-state index contributed by atoms with van der Waals surface area (Å²) < 4.78 is 50.5. The van der Waals surface area contributed by atoms with Gasteiger partial charge < -0.3 is 42.7 Å². The van der Waals surface area contributed by atoms with Crippen molar-refractivity contribution in [3.8, 4) is 0 Å². The summed E-state index contributed by atoms with van der Waals surface area (Å²) in [6.07, 6.45) is -1.20. The van der Waals surface area contributed by atoms with Gasteiger partial charge in [-0.15, -0.1) is 0 Å². The third-order valence-corrected chi connectivity index (χ3v) is 14.1. The van der Waals surface area contributed by atoms with Gasteiger partial charge in [-0.3, -0.25) is 24.0 Å². The van der Waals surface area contributed by atoms with Crippen molar-refractivity contribution in [2.45, 2.75) is 135 Å². The summed E-state index contributed by atoms with van der Waals surface area (Å²) in [4.78, 5) is 68.5. The summed E-state index contributed by atoms with van der Waals surface area (Å²) in [5, 5.41) is 13.8. The van der Waals surface area contributed by atoms with Crippen molar-refractivity contribution in [2.24, 2.45) is 39.9 Å². The van der Waals surface area contributed by atoms with Gasteiger partial charge in [0.15, 0.2) is 11.7 Å². The highest BCUT2D eigenvalue weighted by Gasteiger charge is 3.04. The fourth-order valence-electron chi connectivity index (χ4n) is 12.8. The lowest BCUT2D eigenvalue weighted by molar-refractivity contribution is -0.475. The number of rotatable bonds is 10. The number of Topliss-reactive ketones (excluding diaryl/α,β-unsaturated/α-hetero) is 1. The molecule has 3 aliphatic carbocycles. The SMILES string of the molecule is CCC12OC3(C)OC14C(C(C)(C)C(OC(C)=O)c1ccoc1)C(C(=O)C(C)C)C(=O)OC4C1(O)C(OC(C)=O)C4(C)CC1(O3)C2(C)C4CC(=O)OC. The predicted molar refractivity (Wildman–Crippen MR) is 175 cm³/mol. The number of esters is 4. The zero-order valence-corrected chi connectivity index (χ0v) is 31.6. The first-order valence-electron chi connectivity index (χ1n) is 18.1. The summed E-state index contributed by atoms with van der Waals surface area (Å²) in [6.45, 7) is 16.5. The monoisotopic (exact) mass is 730 g/mol. The molecule has 13 atom stereocenters. The van der Waals surface area contributed by atoms with Crippen LogP contribution in [0.3, 0.4) is 0 Å². The predicted octanol–water partition coefficient (Wildman–Crippen LogP) is 3.96. The molecule has 1 aromatic rings. The molecule has 3 aliphatic heterocycles. The Hall–Kier alpha value is -3.33. The average Bonchev–Trinajstić information content (AvgIpc) is 3.74. The van der Waals surface area contributed by atoms with Crippen LogP contribution >= 0.6 is 0 Å². The largest absolute Gasteiger partial charge is 0.472 e. The number of ketones is 1. The van der Waals surface area contributed by atoms with Crippen molar-refractivity contribution in [1.82, 2.24) is 0 Å². The van der Waals surface area contributed by atoms with E-state index in [9.17, 15) is 29.1 Å². The number of hydrogen-bond acceptors (Lipinski definition) is 14. The molecular formula is C38H50O14. The first-order chi connectivity index (χ1) is 24.0. The molecule has 1 aromatic heterocycles. The van der Waals surface area contributed by atoms with Gasteiger partial charge in [-0.2, -0.15) is 0 Å². The number of carbonyl (C=O) groups is 5. The molecule has 3 saturated heterocycles. The van der Waals surface area contributed by atoms with Crippen LogP contribution in [0, 0.1) is 39.9 Å². The van der Waals surface area contributed by atoms with Gasteiger partial charge in [0.05, 0.1) is 19.6 Å². The highest BCUT2D eigenvalue weighted by atomic mass is 16.9. The van der Waals surface area contributed by atoms with E-state index in [1.807, 2.05) is 20.8 Å². The van der Waals surface area contributed by atoms with E-state index >= 15 is 0 Å². The molecule has 14 nitrogen and oxygen atoms in total. The lowest BCUT2D eigenvalue weighted by Gasteiger charge is -2.76. The average molecular weight is 731 g/mol. The van der Waals surface area contributed by atoms with Crippen LogP contribution in [-0.2, 0) is 57.1 Å². The Morgan fingerprint density at radius 1 is 1.06 bits per heavy atom. The minimum Gasteiger partial charge on any atom is -0.472 e. The van der Waals surface area contributed by atoms with Crippen LogP contribution in [-0.4, -0.2) is 82.5 Å². The van der Waals surface area contributed by atoms with E-state index in [2.05, 4.69) is 0 Å². The number of carbonyl (C=O) groups excluding carboxylic acids is 5. The number of aliphatic hydroxyl groups is 1. The smallest absolute Gasteiger partial charge is 0.317 e. The second-order valence-electron chi connectivity index (χ2n) is 17.2. The van der Waals surface area contributed by atoms with Crippen LogP contribution in [0.5, 0.6) is 0 Å². The minimum atomic E-state index is -2.29. The van der Waals surface area contributed by atoms with Gasteiger partial charge >= 0.3 is 23.9 Å². The topological polar surface area (TPSA) is 183 Å². The van der Waals surface area contributed by atoms with Crippen LogP contribution in [0.15, 0.2) is 23.0 Å². The molecule has 0 amide bonds. The van der Waals surface area contributed by atoms with E-state index < -0.39 is 116 Å². The molecule has 14 heteroatoms. The van der Waals surface area contributed by atoms with Crippen LogP contribution in [0.2, 0.25) is 0 Å². The molecule has 52 heavy (non-hydrogen) atoms. The normalized spacial score (nSPS) is 45.7. The molecular weight excluding hydrogens is 680 g/mol. The fourth-order valence-corrected chi connectivity index (χ4v) is 12.8. The zero-order chi connectivity index (χ0) is 38.4. The minimum absolute atomic E-state index is 0.0777. The first kappa shape index (κ1) is 37.0.